The number of nitrogens with two attached hydrogens (primary N) is 2. The van der Waals surface area contributed by atoms with Crippen molar-refractivity contribution < 1.29 is 10.2 Å². The first-order chi connectivity index (χ1) is 23.7. The van der Waals surface area contributed by atoms with Crippen LogP contribution in [0.3, 0.4) is 0 Å². The lowest BCUT2D eigenvalue weighted by molar-refractivity contribution is -0.00622. The average Bonchev–Trinajstić information content (AvgIpc) is 3.37. The Balaban J connectivity index is 1.19. The first-order valence-electron chi connectivity index (χ1n) is 19.2. The van der Waals surface area contributed by atoms with E-state index in [1.807, 2.05) is 0 Å². The molecule has 0 unspecified atom stereocenters. The topological polar surface area (TPSA) is 92.5 Å². The SMILES string of the molecule is Nc1cc(C2(c3cc(N)c(O)c(C45CC6CC(CC(C6)C4)C5)c3)c3ccccc3-c3ccccc32)cc(C23CC4CC(CC(C4)C2)C3)c1O. The molecule has 0 heterocycles. The Morgan fingerprint density at radius 2 is 0.776 bits per heavy atom. The molecular weight excluding hydrogens is 601 g/mol. The second kappa shape index (κ2) is 9.65. The summed E-state index contributed by atoms with van der Waals surface area (Å²) in [6.45, 7) is 0. The van der Waals surface area contributed by atoms with E-state index in [-0.39, 0.29) is 10.8 Å². The molecular formula is C45H48N2O2. The number of fused-ring (bicyclic) bond motifs is 3. The molecule has 9 aliphatic rings. The normalized spacial score (nSPS) is 35.4. The molecule has 8 saturated carbocycles. The molecule has 49 heavy (non-hydrogen) atoms. The van der Waals surface area contributed by atoms with E-state index in [1.54, 1.807) is 0 Å². The number of phenols is 2. The monoisotopic (exact) mass is 648 g/mol. The van der Waals surface area contributed by atoms with Crippen molar-refractivity contribution in [2.45, 2.75) is 93.3 Å². The summed E-state index contributed by atoms with van der Waals surface area (Å²) in [5, 5.41) is 23.8. The maximum atomic E-state index is 11.9. The molecule has 8 bridgehead atoms. The molecule has 6 N–H and O–H groups in total. The Hall–Kier alpha value is -3.92. The number of hydrogen-bond acceptors (Lipinski definition) is 4. The van der Waals surface area contributed by atoms with Crippen LogP contribution in [0.2, 0.25) is 0 Å². The van der Waals surface area contributed by atoms with E-state index in [2.05, 4.69) is 72.8 Å². The quantitative estimate of drug-likeness (QED) is 0.115. The lowest BCUT2D eigenvalue weighted by Crippen LogP contribution is -2.49. The minimum absolute atomic E-state index is 0.0276. The first kappa shape index (κ1) is 28.9. The van der Waals surface area contributed by atoms with E-state index in [9.17, 15) is 10.2 Å². The first-order valence-corrected chi connectivity index (χ1v) is 19.2. The van der Waals surface area contributed by atoms with Gasteiger partial charge >= 0.3 is 0 Å². The lowest BCUT2D eigenvalue weighted by Gasteiger charge is -2.57. The van der Waals surface area contributed by atoms with E-state index in [0.717, 1.165) is 96.3 Å². The highest BCUT2D eigenvalue weighted by molar-refractivity contribution is 5.87. The van der Waals surface area contributed by atoms with Gasteiger partial charge in [0.2, 0.25) is 0 Å². The van der Waals surface area contributed by atoms with Crippen molar-refractivity contribution in [3.63, 3.8) is 0 Å². The summed E-state index contributed by atoms with van der Waals surface area (Å²) < 4.78 is 0. The van der Waals surface area contributed by atoms with Crippen molar-refractivity contribution in [3.8, 4) is 22.6 Å². The molecule has 0 amide bonds. The summed E-state index contributed by atoms with van der Waals surface area (Å²) in [4.78, 5) is 0. The van der Waals surface area contributed by atoms with Crippen LogP contribution in [0.1, 0.15) is 110 Å². The fraction of sp³-hybridized carbons (Fsp3) is 0.467. The zero-order valence-electron chi connectivity index (χ0n) is 28.4. The molecule has 9 aliphatic carbocycles. The van der Waals surface area contributed by atoms with Gasteiger partial charge in [-0.2, -0.15) is 0 Å². The van der Waals surface area contributed by atoms with E-state index in [1.165, 1.54) is 60.8 Å². The third kappa shape index (κ3) is 3.76. The van der Waals surface area contributed by atoms with Crippen molar-refractivity contribution in [3.05, 3.63) is 106 Å². The lowest BCUT2D eigenvalue weighted by atomic mass is 9.47. The van der Waals surface area contributed by atoms with Crippen LogP contribution in [0.5, 0.6) is 11.5 Å². The van der Waals surface area contributed by atoms with E-state index < -0.39 is 5.41 Å². The highest BCUT2D eigenvalue weighted by Crippen LogP contribution is 2.66. The standard InChI is InChI=1S/C45H48N2O2/c46-39-17-31(15-37(41(39)48)43-19-25-9-26(20-43)11-27(10-25)21-43)45(35-7-3-1-5-33(35)34-6-2-4-8-36(34)45)32-16-38(42(49)40(47)18-32)44-22-28-12-29(23-44)14-30(13-28)24-44/h1-8,15-18,25-30,48-49H,9-14,19-24,46-47H2. The van der Waals surface area contributed by atoms with Crippen LogP contribution >= 0.6 is 0 Å². The van der Waals surface area contributed by atoms with Crippen LogP contribution in [-0.2, 0) is 16.2 Å². The van der Waals surface area contributed by atoms with Crippen molar-refractivity contribution in [1.29, 1.82) is 0 Å². The molecule has 4 aromatic rings. The Bertz CT molecular complexity index is 1840. The van der Waals surface area contributed by atoms with Crippen molar-refractivity contribution in [2.75, 3.05) is 11.5 Å². The smallest absolute Gasteiger partial charge is 0.142 e. The molecule has 0 aliphatic heterocycles. The fourth-order valence-corrected chi connectivity index (χ4v) is 14.5. The van der Waals surface area contributed by atoms with Gasteiger partial charge in [-0.25, -0.2) is 0 Å². The molecule has 13 rings (SSSR count). The zero-order chi connectivity index (χ0) is 32.9. The largest absolute Gasteiger partial charge is 0.505 e. The second-order valence-corrected chi connectivity index (χ2v) is 18.2. The highest BCUT2D eigenvalue weighted by Gasteiger charge is 2.56. The van der Waals surface area contributed by atoms with Gasteiger partial charge in [0.25, 0.3) is 0 Å². The van der Waals surface area contributed by atoms with Gasteiger partial charge in [-0.1, -0.05) is 48.5 Å². The molecule has 0 saturated heterocycles. The number of aromatic hydroxyl groups is 2. The Kier molecular flexibility index (Phi) is 5.69. The second-order valence-electron chi connectivity index (χ2n) is 18.2. The zero-order valence-corrected chi connectivity index (χ0v) is 28.4. The van der Waals surface area contributed by atoms with Crippen LogP contribution in [0, 0.1) is 35.5 Å². The van der Waals surface area contributed by atoms with Gasteiger partial charge in [0, 0.05) is 11.1 Å². The Labute approximate surface area is 289 Å². The molecule has 0 radical (unpaired) electrons. The molecule has 4 heteroatoms. The van der Waals surface area contributed by atoms with Crippen LogP contribution in [-0.4, -0.2) is 10.2 Å². The van der Waals surface area contributed by atoms with Gasteiger partial charge in [-0.15, -0.1) is 0 Å². The number of hydrogen-bond donors (Lipinski definition) is 4. The summed E-state index contributed by atoms with van der Waals surface area (Å²) >= 11 is 0. The number of nitrogen functional groups attached to an aromatic ring is 2. The number of phenolic OH excluding ortho intramolecular Hbond substituents is 2. The van der Waals surface area contributed by atoms with Crippen molar-refractivity contribution in [2.24, 2.45) is 35.5 Å². The summed E-state index contributed by atoms with van der Waals surface area (Å²) in [5.41, 5.74) is 23.3. The predicted octanol–water partition coefficient (Wildman–Crippen LogP) is 9.56. The average molecular weight is 649 g/mol. The summed E-state index contributed by atoms with van der Waals surface area (Å²) in [7, 11) is 0. The van der Waals surface area contributed by atoms with Gasteiger partial charge in [0.05, 0.1) is 16.8 Å². The van der Waals surface area contributed by atoms with Crippen LogP contribution in [0.4, 0.5) is 11.4 Å². The van der Waals surface area contributed by atoms with E-state index >= 15 is 0 Å². The van der Waals surface area contributed by atoms with Gasteiger partial charge in [-0.3, -0.25) is 0 Å². The van der Waals surface area contributed by atoms with Crippen molar-refractivity contribution in [1.82, 2.24) is 0 Å². The highest BCUT2D eigenvalue weighted by atomic mass is 16.3. The van der Waals surface area contributed by atoms with Crippen LogP contribution in [0.15, 0.2) is 72.8 Å². The van der Waals surface area contributed by atoms with Gasteiger partial charge in [0.15, 0.2) is 0 Å². The third-order valence-electron chi connectivity index (χ3n) is 15.3. The number of rotatable bonds is 4. The number of anilines is 2. The molecule has 0 aromatic heterocycles. The minimum atomic E-state index is -0.703. The van der Waals surface area contributed by atoms with Crippen LogP contribution < -0.4 is 11.5 Å². The molecule has 8 fully saturated rings. The Morgan fingerprint density at radius 1 is 0.449 bits per heavy atom. The molecule has 0 spiro atoms. The predicted molar refractivity (Wildman–Crippen MR) is 196 cm³/mol. The number of benzene rings is 4. The molecule has 250 valence electrons. The molecule has 4 aromatic carbocycles. The van der Waals surface area contributed by atoms with Crippen LogP contribution in [0.25, 0.3) is 11.1 Å². The van der Waals surface area contributed by atoms with Crippen molar-refractivity contribution >= 4 is 11.4 Å². The summed E-state index contributed by atoms with van der Waals surface area (Å²) in [5.74, 6) is 5.07. The maximum absolute atomic E-state index is 11.9. The van der Waals surface area contributed by atoms with E-state index in [4.69, 9.17) is 11.5 Å². The Morgan fingerprint density at radius 3 is 1.12 bits per heavy atom. The van der Waals surface area contributed by atoms with Gasteiger partial charge in [0.1, 0.15) is 11.5 Å². The van der Waals surface area contributed by atoms with E-state index in [0.29, 0.717) is 22.9 Å². The minimum Gasteiger partial charge on any atom is -0.505 e. The third-order valence-corrected chi connectivity index (χ3v) is 15.3. The summed E-state index contributed by atoms with van der Waals surface area (Å²) in [6, 6.07) is 26.5. The van der Waals surface area contributed by atoms with Gasteiger partial charge in [-0.05, 0) is 181 Å². The molecule has 0 atom stereocenters. The van der Waals surface area contributed by atoms with Gasteiger partial charge < -0.3 is 21.7 Å². The summed E-state index contributed by atoms with van der Waals surface area (Å²) in [6.07, 6.45) is 15.0. The fourth-order valence-electron chi connectivity index (χ4n) is 14.5. The maximum Gasteiger partial charge on any atom is 0.142 e. The molecule has 4 nitrogen and oxygen atoms in total.